The van der Waals surface area contributed by atoms with Gasteiger partial charge in [-0.3, -0.25) is 0 Å². The second-order valence-electron chi connectivity index (χ2n) is 22.2. The Kier molecular flexibility index (Phi) is 10.8. The highest BCUT2D eigenvalue weighted by molar-refractivity contribution is 6.11. The molecule has 0 saturated heterocycles. The van der Waals surface area contributed by atoms with Crippen molar-refractivity contribution >= 4 is 44.2 Å². The maximum atomic E-state index is 7.23. The van der Waals surface area contributed by atoms with Gasteiger partial charge in [0.1, 0.15) is 0 Å². The van der Waals surface area contributed by atoms with Gasteiger partial charge in [0.25, 0.3) is 0 Å². The molecule has 14 rings (SSSR count). The average Bonchev–Trinajstić information content (AvgIpc) is 3.76. The van der Waals surface area contributed by atoms with Crippen LogP contribution in [-0.4, -0.2) is 0 Å². The number of nitrogens with zero attached hydrogens (tertiary/aromatic N) is 1. The van der Waals surface area contributed by atoms with Crippen LogP contribution in [0.25, 0.3) is 93.9 Å². The Morgan fingerprint density at radius 3 is 1.47 bits per heavy atom. The van der Waals surface area contributed by atoms with Crippen molar-refractivity contribution in [3.63, 3.8) is 0 Å². The predicted molar refractivity (Wildman–Crippen MR) is 326 cm³/mol. The van der Waals surface area contributed by atoms with E-state index in [1.807, 2.05) is 0 Å². The number of allylic oxidation sites excluding steroid dienone is 5. The number of ether oxygens (including phenoxy) is 1. The van der Waals surface area contributed by atoms with Crippen LogP contribution >= 0.6 is 0 Å². The summed E-state index contributed by atoms with van der Waals surface area (Å²) in [5.74, 6) is 1.58. The minimum absolute atomic E-state index is 0.173. The molecule has 1 aliphatic heterocycles. The van der Waals surface area contributed by atoms with Gasteiger partial charge < -0.3 is 9.64 Å². The van der Waals surface area contributed by atoms with Crippen LogP contribution in [0.5, 0.6) is 11.5 Å². The quantitative estimate of drug-likeness (QED) is 0.165. The van der Waals surface area contributed by atoms with Crippen LogP contribution in [-0.2, 0) is 10.8 Å². The van der Waals surface area contributed by atoms with Crippen molar-refractivity contribution in [1.29, 1.82) is 0 Å². The molecule has 368 valence electrons. The molecule has 0 aromatic heterocycles. The van der Waals surface area contributed by atoms with E-state index in [0.717, 1.165) is 85.1 Å². The van der Waals surface area contributed by atoms with Gasteiger partial charge in [-0.1, -0.05) is 235 Å². The zero-order valence-corrected chi connectivity index (χ0v) is 43.9. The Bertz CT molecular complexity index is 4210. The number of rotatable bonds is 6. The van der Waals surface area contributed by atoms with Gasteiger partial charge in [0.2, 0.25) is 0 Å². The Balaban J connectivity index is 1.07. The molecule has 0 bridgehead atoms. The molecule has 1 heterocycles. The molecule has 0 radical (unpaired) electrons. The largest absolute Gasteiger partial charge is 0.453 e. The van der Waals surface area contributed by atoms with Crippen molar-refractivity contribution < 1.29 is 4.74 Å². The third-order valence-corrected chi connectivity index (χ3v) is 16.7. The third-order valence-electron chi connectivity index (χ3n) is 16.7. The minimum Gasteiger partial charge on any atom is -0.453 e. The van der Waals surface area contributed by atoms with Gasteiger partial charge in [-0.25, -0.2) is 0 Å². The summed E-state index contributed by atoms with van der Waals surface area (Å²) in [6.45, 7) is 14.2. The van der Waals surface area contributed by atoms with E-state index in [4.69, 9.17) is 4.74 Å². The number of hydrogen-bond donors (Lipinski definition) is 0. The Labute approximate surface area is 452 Å². The fourth-order valence-electron chi connectivity index (χ4n) is 12.8. The van der Waals surface area contributed by atoms with Gasteiger partial charge >= 0.3 is 0 Å². The number of fused-ring (bicyclic) bond motifs is 10. The van der Waals surface area contributed by atoms with Crippen LogP contribution in [0, 0.1) is 0 Å². The summed E-state index contributed by atoms with van der Waals surface area (Å²) < 4.78 is 7.23. The van der Waals surface area contributed by atoms with Gasteiger partial charge in [0, 0.05) is 16.5 Å². The lowest BCUT2D eigenvalue weighted by Gasteiger charge is -2.37. The predicted octanol–water partition coefficient (Wildman–Crippen LogP) is 21.0. The van der Waals surface area contributed by atoms with E-state index in [1.165, 1.54) is 66.1 Å². The Morgan fingerprint density at radius 1 is 0.390 bits per heavy atom. The van der Waals surface area contributed by atoms with Crippen LogP contribution < -0.4 is 9.64 Å². The number of hydrogen-bond acceptors (Lipinski definition) is 2. The molecule has 0 fully saturated rings. The fraction of sp³-hybridized carbons (Fsp3) is 0.0933. The first kappa shape index (κ1) is 46.3. The van der Waals surface area contributed by atoms with Crippen molar-refractivity contribution in [3.05, 3.63) is 278 Å². The number of anilines is 3. The second kappa shape index (κ2) is 18.0. The van der Waals surface area contributed by atoms with Gasteiger partial charge in [0.05, 0.1) is 17.1 Å². The first-order valence-electron chi connectivity index (χ1n) is 27.0. The monoisotopic (exact) mass is 987 g/mol. The van der Waals surface area contributed by atoms with E-state index in [9.17, 15) is 0 Å². The molecule has 2 heteroatoms. The SMILES string of the molecule is C=C1/C=C\C=C/CC(C)(C)c2cc(-c3ccc4c(c3)N(c3c(-c5ccccc5)cc(-c5ccccc5)cc3-c3ccccc3)c3cc(-c5cc6c(c7ccccc57)-c5ccccc5C6(C)C)ccc3O4)c3ccccc3c21. The van der Waals surface area contributed by atoms with Gasteiger partial charge in [0.15, 0.2) is 11.5 Å². The van der Waals surface area contributed by atoms with Crippen LogP contribution in [0.4, 0.5) is 17.1 Å². The fourth-order valence-corrected chi connectivity index (χ4v) is 12.8. The smallest absolute Gasteiger partial charge is 0.151 e. The normalized spacial score (nSPS) is 15.5. The van der Waals surface area contributed by atoms with E-state index in [-0.39, 0.29) is 10.8 Å². The van der Waals surface area contributed by atoms with E-state index < -0.39 is 0 Å². The zero-order chi connectivity index (χ0) is 52.0. The maximum absolute atomic E-state index is 7.23. The van der Waals surface area contributed by atoms with Gasteiger partial charge in [-0.05, 0) is 165 Å². The zero-order valence-electron chi connectivity index (χ0n) is 43.9. The lowest BCUT2D eigenvalue weighted by atomic mass is 9.75. The summed E-state index contributed by atoms with van der Waals surface area (Å²) in [4.78, 5) is 2.53. The molecule has 0 unspecified atom stereocenters. The summed E-state index contributed by atoms with van der Waals surface area (Å²) >= 11 is 0. The number of benzene rings is 11. The second-order valence-corrected chi connectivity index (χ2v) is 22.2. The first-order valence-corrected chi connectivity index (χ1v) is 27.0. The summed E-state index contributed by atoms with van der Waals surface area (Å²) in [5.41, 5.74) is 22.9. The molecule has 0 atom stereocenters. The highest BCUT2D eigenvalue weighted by atomic mass is 16.5. The van der Waals surface area contributed by atoms with E-state index in [0.29, 0.717) is 0 Å². The van der Waals surface area contributed by atoms with E-state index in [1.54, 1.807) is 0 Å². The topological polar surface area (TPSA) is 12.5 Å². The minimum atomic E-state index is -0.187. The lowest BCUT2D eigenvalue weighted by Crippen LogP contribution is -2.19. The highest BCUT2D eigenvalue weighted by Crippen LogP contribution is 2.59. The Morgan fingerprint density at radius 2 is 0.883 bits per heavy atom. The molecule has 0 saturated carbocycles. The summed E-state index contributed by atoms with van der Waals surface area (Å²) in [5, 5.41) is 4.88. The van der Waals surface area contributed by atoms with Crippen LogP contribution in [0.1, 0.15) is 56.4 Å². The third kappa shape index (κ3) is 7.54. The molecule has 0 N–H and O–H groups in total. The molecule has 77 heavy (non-hydrogen) atoms. The van der Waals surface area contributed by atoms with E-state index >= 15 is 0 Å². The summed E-state index contributed by atoms with van der Waals surface area (Å²) in [6, 6.07) is 82.9. The average molecular weight is 988 g/mol. The van der Waals surface area contributed by atoms with Crippen molar-refractivity contribution in [2.24, 2.45) is 0 Å². The molecule has 3 aliphatic rings. The van der Waals surface area contributed by atoms with Crippen molar-refractivity contribution in [1.82, 2.24) is 0 Å². The maximum Gasteiger partial charge on any atom is 0.151 e. The highest BCUT2D eigenvalue weighted by Gasteiger charge is 2.38. The Hall–Kier alpha value is -9.24. The molecule has 0 spiro atoms. The van der Waals surface area contributed by atoms with Crippen LogP contribution in [0.3, 0.4) is 0 Å². The van der Waals surface area contributed by atoms with Crippen LogP contribution in [0.2, 0.25) is 0 Å². The van der Waals surface area contributed by atoms with Crippen molar-refractivity contribution in [3.8, 4) is 78.3 Å². The van der Waals surface area contributed by atoms with Gasteiger partial charge in [-0.15, -0.1) is 0 Å². The van der Waals surface area contributed by atoms with E-state index in [2.05, 4.69) is 288 Å². The molecular formula is C75H57NO. The van der Waals surface area contributed by atoms with Gasteiger partial charge in [-0.2, -0.15) is 0 Å². The first-order chi connectivity index (χ1) is 37.6. The summed E-state index contributed by atoms with van der Waals surface area (Å²) in [6.07, 6.45) is 9.63. The lowest BCUT2D eigenvalue weighted by molar-refractivity contribution is 0.477. The molecular weight excluding hydrogens is 931 g/mol. The van der Waals surface area contributed by atoms with Crippen molar-refractivity contribution in [2.45, 2.75) is 44.9 Å². The van der Waals surface area contributed by atoms with Crippen molar-refractivity contribution in [2.75, 3.05) is 4.90 Å². The molecule has 11 aromatic rings. The van der Waals surface area contributed by atoms with Crippen LogP contribution in [0.15, 0.2) is 255 Å². The standard InChI is InChI=1S/C75H57NO/c1-48-24-10-9-23-41-74(2,3)65-46-60(55-31-17-19-33-57(55)71(48)65)52-37-39-69-67(44-52)76(73-62(50-27-13-7-14-28-50)42-54(49-25-11-6-12-26-49)43-63(73)51-29-15-8-16-30-51)68-45-53(38-40-70(68)77-69)61-47-66-72(58-34-20-18-32-56(58)61)59-35-21-22-36-64(59)75(66,4)5/h6-40,42-47H,1,41H2,2-5H3/b23-9-,24-10-. The molecule has 2 aliphatic carbocycles. The molecule has 0 amide bonds. The summed E-state index contributed by atoms with van der Waals surface area (Å²) in [7, 11) is 0. The molecule has 11 aromatic carbocycles. The molecule has 2 nitrogen and oxygen atoms in total.